The molecule has 0 fully saturated rings. The largest absolute Gasteiger partial charge is 0.148 e. The first-order chi connectivity index (χ1) is 4.50. The maximum Gasteiger partial charge on any atom is 0.0505 e. The molecule has 0 amide bonds. The minimum atomic E-state index is 1.32. The van der Waals surface area contributed by atoms with E-state index in [0.717, 1.165) is 0 Å². The molecule has 0 bridgehead atoms. The Kier molecular flexibility index (Phi) is 2.72. The van der Waals surface area contributed by atoms with Gasteiger partial charge in [-0.1, -0.05) is 22.7 Å². The summed E-state index contributed by atoms with van der Waals surface area (Å²) in [5.41, 5.74) is 0. The molecule has 3 heteroatoms. The zero-order valence-corrected chi connectivity index (χ0v) is 5.58. The molecule has 1 aromatic heterocycles. The van der Waals surface area contributed by atoms with Crippen LogP contribution >= 0.6 is 11.5 Å². The van der Waals surface area contributed by atoms with Crippen molar-refractivity contribution in [3.8, 4) is 0 Å². The average Bonchev–Trinajstić information content (AvgIpc) is 2.00. The molecule has 0 N–H and O–H groups in total. The van der Waals surface area contributed by atoms with E-state index >= 15 is 0 Å². The lowest BCUT2D eigenvalue weighted by Gasteiger charge is -1.59. The zero-order chi connectivity index (χ0) is 6.36. The fourth-order valence-electron chi connectivity index (χ4n) is 0.379. The maximum atomic E-state index is 3.72. The Morgan fingerprint density at radius 3 is 2.89 bits per heavy atom. The van der Waals surface area contributed by atoms with E-state index in [1.54, 1.807) is 6.20 Å². The molecule has 0 aliphatic rings. The van der Waals surface area contributed by atoms with E-state index in [1.807, 2.05) is 29.6 Å². The molecule has 0 aliphatic carbocycles. The van der Waals surface area contributed by atoms with Crippen LogP contribution < -0.4 is 0 Å². The van der Waals surface area contributed by atoms with Crippen molar-refractivity contribution in [3.05, 3.63) is 35.8 Å². The van der Waals surface area contributed by atoms with Crippen molar-refractivity contribution in [2.75, 3.05) is 0 Å². The quantitative estimate of drug-likeness (QED) is 0.545. The van der Waals surface area contributed by atoms with Crippen LogP contribution in [0.15, 0.2) is 35.8 Å². The Morgan fingerprint density at radius 1 is 1.00 bits per heavy atom. The molecular formula is C6H6N2S. The van der Waals surface area contributed by atoms with Crippen molar-refractivity contribution in [2.45, 2.75) is 0 Å². The zero-order valence-electron chi connectivity index (χ0n) is 4.77. The van der Waals surface area contributed by atoms with Crippen molar-refractivity contribution in [3.63, 3.8) is 0 Å². The van der Waals surface area contributed by atoms with Gasteiger partial charge in [0.2, 0.25) is 0 Å². The first-order valence-electron chi connectivity index (χ1n) is 2.54. The number of hydrogen-bond acceptors (Lipinski definition) is 3. The third-order valence-corrected chi connectivity index (χ3v) is 1.19. The fraction of sp³-hybridized carbons (Fsp3) is 0. The summed E-state index contributed by atoms with van der Waals surface area (Å²) in [6, 6.07) is 7.58. The summed E-state index contributed by atoms with van der Waals surface area (Å²) < 4.78 is 3.72. The summed E-state index contributed by atoms with van der Waals surface area (Å²) >= 11 is 1.32. The van der Waals surface area contributed by atoms with E-state index in [0.29, 0.717) is 0 Å². The van der Waals surface area contributed by atoms with Crippen molar-refractivity contribution in [1.29, 1.82) is 0 Å². The van der Waals surface area contributed by atoms with Crippen molar-refractivity contribution in [2.24, 2.45) is 0 Å². The highest BCUT2D eigenvalue weighted by Gasteiger charge is 1.59. The molecule has 0 saturated heterocycles. The number of nitrogens with zero attached hydrogens (tertiary/aromatic N) is 2. The van der Waals surface area contributed by atoms with E-state index in [2.05, 4.69) is 9.59 Å². The summed E-state index contributed by atoms with van der Waals surface area (Å²) in [6.07, 6.45) is 1.65. The molecule has 0 spiro atoms. The van der Waals surface area contributed by atoms with Gasteiger partial charge in [0.05, 0.1) is 6.20 Å². The first-order valence-corrected chi connectivity index (χ1v) is 3.38. The van der Waals surface area contributed by atoms with Crippen LogP contribution in [-0.2, 0) is 0 Å². The Labute approximate surface area is 57.7 Å². The van der Waals surface area contributed by atoms with E-state index in [9.17, 15) is 0 Å². The number of rotatable bonds is 0. The molecule has 2 nitrogen and oxygen atoms in total. The SMILES string of the molecule is c1cccsnncc1. The monoisotopic (exact) mass is 138 g/mol. The van der Waals surface area contributed by atoms with Gasteiger partial charge in [0.1, 0.15) is 0 Å². The van der Waals surface area contributed by atoms with Crippen LogP contribution in [-0.4, -0.2) is 9.59 Å². The van der Waals surface area contributed by atoms with Crippen LogP contribution in [0.3, 0.4) is 0 Å². The highest BCUT2D eigenvalue weighted by Crippen LogP contribution is 1.80. The van der Waals surface area contributed by atoms with Crippen molar-refractivity contribution in [1.82, 2.24) is 9.59 Å². The van der Waals surface area contributed by atoms with E-state index < -0.39 is 0 Å². The Morgan fingerprint density at radius 2 is 1.89 bits per heavy atom. The summed E-state index contributed by atoms with van der Waals surface area (Å²) in [4.78, 5) is 0. The molecule has 1 heterocycles. The second-order valence-electron chi connectivity index (χ2n) is 1.36. The molecular weight excluding hydrogens is 132 g/mol. The molecule has 9 heavy (non-hydrogen) atoms. The highest BCUT2D eigenvalue weighted by atomic mass is 32.1. The van der Waals surface area contributed by atoms with Crippen LogP contribution in [0.25, 0.3) is 0 Å². The van der Waals surface area contributed by atoms with Gasteiger partial charge >= 0.3 is 0 Å². The van der Waals surface area contributed by atoms with Crippen LogP contribution in [0.1, 0.15) is 0 Å². The highest BCUT2D eigenvalue weighted by molar-refractivity contribution is 7.03. The molecule has 0 radical (unpaired) electrons. The van der Waals surface area contributed by atoms with Gasteiger partial charge < -0.3 is 0 Å². The third kappa shape index (κ3) is 2.77. The normalized spacial score (nSPS) is 8.00. The summed E-state index contributed by atoms with van der Waals surface area (Å²) in [7, 11) is 0. The van der Waals surface area contributed by atoms with Crippen molar-refractivity contribution < 1.29 is 0 Å². The number of hydrogen-bond donors (Lipinski definition) is 0. The van der Waals surface area contributed by atoms with Crippen LogP contribution in [0, 0.1) is 0 Å². The second kappa shape index (κ2) is 3.97. The van der Waals surface area contributed by atoms with E-state index in [4.69, 9.17) is 0 Å². The van der Waals surface area contributed by atoms with Crippen LogP contribution in [0.5, 0.6) is 0 Å². The van der Waals surface area contributed by atoms with E-state index in [1.165, 1.54) is 11.5 Å². The molecule has 0 saturated carbocycles. The minimum Gasteiger partial charge on any atom is -0.148 e. The lowest BCUT2D eigenvalue weighted by atomic mass is 10.5. The lowest BCUT2D eigenvalue weighted by Crippen LogP contribution is -1.60. The second-order valence-corrected chi connectivity index (χ2v) is 2.00. The van der Waals surface area contributed by atoms with Crippen LogP contribution in [0.4, 0.5) is 0 Å². The predicted molar refractivity (Wildman–Crippen MR) is 37.5 cm³/mol. The first kappa shape index (κ1) is 6.16. The van der Waals surface area contributed by atoms with Gasteiger partial charge in [0.25, 0.3) is 0 Å². The third-order valence-electron chi connectivity index (χ3n) is 0.720. The van der Waals surface area contributed by atoms with Gasteiger partial charge in [0, 0.05) is 5.38 Å². The van der Waals surface area contributed by atoms with Gasteiger partial charge in [-0.2, -0.15) is 0 Å². The van der Waals surface area contributed by atoms with Crippen LogP contribution in [0.2, 0.25) is 0 Å². The molecule has 0 atom stereocenters. The Balaban J connectivity index is 3.04. The van der Waals surface area contributed by atoms with Gasteiger partial charge in [-0.15, -0.1) is 5.10 Å². The summed E-state index contributed by atoms with van der Waals surface area (Å²) in [6.45, 7) is 0. The average molecular weight is 138 g/mol. The van der Waals surface area contributed by atoms with Crippen molar-refractivity contribution >= 4 is 11.5 Å². The van der Waals surface area contributed by atoms with Gasteiger partial charge in [-0.25, -0.2) is 0 Å². The fourth-order valence-corrected chi connectivity index (χ4v) is 0.703. The standard InChI is InChI=1S/C6H6N2S/c1-2-4-6-9-8-7-5-3-1/h1-6H. The van der Waals surface area contributed by atoms with Gasteiger partial charge in [0.15, 0.2) is 0 Å². The molecule has 1 rings (SSSR count). The summed E-state index contributed by atoms with van der Waals surface area (Å²) in [5, 5.41) is 5.56. The molecule has 0 aliphatic heterocycles. The smallest absolute Gasteiger partial charge is 0.0505 e. The van der Waals surface area contributed by atoms with Gasteiger partial charge in [-0.05, 0) is 17.6 Å². The molecule has 46 valence electrons. The Bertz CT molecular complexity index is 133. The summed E-state index contributed by atoms with van der Waals surface area (Å²) in [5.74, 6) is 0. The topological polar surface area (TPSA) is 25.8 Å². The minimum absolute atomic E-state index is 1.32. The van der Waals surface area contributed by atoms with Gasteiger partial charge in [-0.3, -0.25) is 0 Å². The lowest BCUT2D eigenvalue weighted by molar-refractivity contribution is 1.13. The molecule has 0 aromatic carbocycles. The number of aromatic nitrogens is 2. The molecule has 0 unspecified atom stereocenters. The molecule has 1 aromatic rings. The Hall–Kier alpha value is -0.960. The predicted octanol–water partition coefficient (Wildman–Crippen LogP) is 1.66. The van der Waals surface area contributed by atoms with E-state index in [-0.39, 0.29) is 0 Å². The maximum absolute atomic E-state index is 3.72.